The molecule has 0 aliphatic carbocycles. The molecule has 0 bridgehead atoms. The van der Waals surface area contributed by atoms with Gasteiger partial charge in [-0.1, -0.05) is 350 Å². The minimum absolute atomic E-state index is 0.487. The van der Waals surface area contributed by atoms with Gasteiger partial charge in [0.2, 0.25) is 0 Å². The second kappa shape index (κ2) is 94.3. The van der Waals surface area contributed by atoms with Gasteiger partial charge in [0.15, 0.2) is 0 Å². The Balaban J connectivity index is -0.000000155. The standard InChI is InChI=1S/C13H29N.C12H27N.C11H25N.C10H23N.C9H13N.C8H19N.C5H13N.C4H11N/c1-2-3-4-5-6-7-8-9-10-11-12-13-14;1-2-3-4-5-6-7-8-9-10-11-12-13;1-2-3-4-5-6-7-8-9-10-11-12;1-2-3-4-5-6-7-8-9-10-11;1-8(7-10)9-5-3-2-4-6-9;1-3-5-6-8(4-2)7-9;1-3-5(2)4-6;1-4(2)3-5/h2-14H2,1H3;2-13H2,1H3;2-12H2,1H3;2-11H2,1H3;2-6,8H,7,10H2,1H3;8H,3-7,9H2,1-2H3;5H,3-4,6H2,1-2H3;4H,3,5H2,1-2H3. The molecule has 0 saturated heterocycles. The van der Waals surface area contributed by atoms with Crippen LogP contribution in [0.3, 0.4) is 0 Å². The van der Waals surface area contributed by atoms with Gasteiger partial charge in [0.25, 0.3) is 0 Å². The molecule has 0 aromatic heterocycles. The quantitative estimate of drug-likeness (QED) is 0.0294. The molecular formula is C72H160N8. The monoisotopic (exact) mass is 1140 g/mol. The molecule has 488 valence electrons. The number of nitrogens with two attached hydrogens (primary N) is 8. The highest BCUT2D eigenvalue weighted by atomic mass is 14.6. The molecule has 0 heterocycles. The summed E-state index contributed by atoms with van der Waals surface area (Å²) in [6.07, 6.45) is 59.2. The summed E-state index contributed by atoms with van der Waals surface area (Å²) in [5.74, 6) is 2.64. The maximum absolute atomic E-state index is 5.52. The molecule has 8 nitrogen and oxygen atoms in total. The predicted molar refractivity (Wildman–Crippen MR) is 373 cm³/mol. The lowest BCUT2D eigenvalue weighted by Gasteiger charge is -2.09. The van der Waals surface area contributed by atoms with Gasteiger partial charge in [0, 0.05) is 0 Å². The second-order valence-electron chi connectivity index (χ2n) is 23.8. The Hall–Kier alpha value is -1.10. The molecule has 3 atom stereocenters. The van der Waals surface area contributed by atoms with E-state index in [9.17, 15) is 0 Å². The maximum Gasteiger partial charge on any atom is -0.00109 e. The van der Waals surface area contributed by atoms with Crippen LogP contribution >= 0.6 is 0 Å². The van der Waals surface area contributed by atoms with E-state index in [1.807, 2.05) is 18.2 Å². The fourth-order valence-corrected chi connectivity index (χ4v) is 8.24. The zero-order valence-electron chi connectivity index (χ0n) is 57.4. The first kappa shape index (κ1) is 92.6. The zero-order valence-corrected chi connectivity index (χ0v) is 57.4. The minimum atomic E-state index is 0.487. The molecule has 16 N–H and O–H groups in total. The molecule has 0 aliphatic rings. The smallest absolute Gasteiger partial charge is 0.00109 e. The maximum atomic E-state index is 5.52. The van der Waals surface area contributed by atoms with Crippen molar-refractivity contribution in [2.24, 2.45) is 63.6 Å². The molecule has 1 aromatic rings. The molecule has 8 heteroatoms. The summed E-state index contributed by atoms with van der Waals surface area (Å²) in [5, 5.41) is 0. The average molecular weight is 1140 g/mol. The predicted octanol–water partition coefficient (Wildman–Crippen LogP) is 20.2. The van der Waals surface area contributed by atoms with Crippen LogP contribution in [-0.4, -0.2) is 52.4 Å². The summed E-state index contributed by atoms with van der Waals surface area (Å²) in [4.78, 5) is 0. The van der Waals surface area contributed by atoms with Crippen LogP contribution in [0.1, 0.15) is 364 Å². The summed E-state index contributed by atoms with van der Waals surface area (Å²) in [5.41, 5.74) is 44.5. The number of benzene rings is 1. The third kappa shape index (κ3) is 105. The van der Waals surface area contributed by atoms with E-state index < -0.39 is 0 Å². The molecule has 0 amide bonds. The number of unbranched alkanes of at least 4 members (excludes halogenated alkanes) is 35. The molecule has 0 aliphatic heterocycles. The van der Waals surface area contributed by atoms with Gasteiger partial charge >= 0.3 is 0 Å². The van der Waals surface area contributed by atoms with Crippen molar-refractivity contribution in [3.8, 4) is 0 Å². The fraction of sp³-hybridized carbons (Fsp3) is 0.917. The van der Waals surface area contributed by atoms with Gasteiger partial charge in [-0.15, -0.1) is 0 Å². The van der Waals surface area contributed by atoms with Gasteiger partial charge < -0.3 is 45.9 Å². The van der Waals surface area contributed by atoms with Crippen molar-refractivity contribution >= 4 is 0 Å². The van der Waals surface area contributed by atoms with Crippen LogP contribution in [0, 0.1) is 17.8 Å². The van der Waals surface area contributed by atoms with Crippen LogP contribution in [0.2, 0.25) is 0 Å². The molecule has 80 heavy (non-hydrogen) atoms. The molecular weight excluding hydrogens is 977 g/mol. The molecule has 0 radical (unpaired) electrons. The van der Waals surface area contributed by atoms with Gasteiger partial charge in [0.05, 0.1) is 0 Å². The highest BCUT2D eigenvalue weighted by molar-refractivity contribution is 5.18. The summed E-state index contributed by atoms with van der Waals surface area (Å²) in [6, 6.07) is 10.3. The van der Waals surface area contributed by atoms with E-state index in [0.717, 1.165) is 58.3 Å². The zero-order chi connectivity index (χ0) is 61.5. The lowest BCUT2D eigenvalue weighted by Crippen LogP contribution is -2.12. The number of hydrogen-bond acceptors (Lipinski definition) is 8. The lowest BCUT2D eigenvalue weighted by molar-refractivity contribution is 0.461. The molecule has 1 aromatic carbocycles. The van der Waals surface area contributed by atoms with Crippen molar-refractivity contribution in [3.63, 3.8) is 0 Å². The minimum Gasteiger partial charge on any atom is -0.330 e. The summed E-state index contributed by atoms with van der Waals surface area (Å²) in [7, 11) is 0. The van der Waals surface area contributed by atoms with Crippen LogP contribution in [0.25, 0.3) is 0 Å². The first-order valence-corrected chi connectivity index (χ1v) is 35.6. The van der Waals surface area contributed by atoms with Gasteiger partial charge in [-0.25, -0.2) is 0 Å². The third-order valence-electron chi connectivity index (χ3n) is 14.9. The Morgan fingerprint density at radius 1 is 0.275 bits per heavy atom. The van der Waals surface area contributed by atoms with Gasteiger partial charge in [0.1, 0.15) is 0 Å². The molecule has 1 rings (SSSR count). The normalized spacial score (nSPS) is 11.4. The van der Waals surface area contributed by atoms with Crippen molar-refractivity contribution in [2.75, 3.05) is 52.4 Å². The average Bonchev–Trinajstić information content (AvgIpc) is 3.49. The highest BCUT2D eigenvalue weighted by Crippen LogP contribution is 2.14. The van der Waals surface area contributed by atoms with E-state index in [1.165, 1.54) is 282 Å². The van der Waals surface area contributed by atoms with Gasteiger partial charge in [-0.3, -0.25) is 0 Å². The van der Waals surface area contributed by atoms with Crippen molar-refractivity contribution < 1.29 is 0 Å². The van der Waals surface area contributed by atoms with Crippen LogP contribution in [0.4, 0.5) is 0 Å². The molecule has 0 spiro atoms. The van der Waals surface area contributed by atoms with E-state index in [0.29, 0.717) is 17.8 Å². The van der Waals surface area contributed by atoms with Crippen molar-refractivity contribution in [2.45, 2.75) is 358 Å². The lowest BCUT2D eigenvalue weighted by atomic mass is 10.00. The van der Waals surface area contributed by atoms with Crippen molar-refractivity contribution in [3.05, 3.63) is 35.9 Å². The number of rotatable bonds is 48. The van der Waals surface area contributed by atoms with E-state index in [4.69, 9.17) is 45.9 Å². The Labute approximate surface area is 507 Å². The Kier molecular flexibility index (Phi) is 109. The van der Waals surface area contributed by atoms with Crippen LogP contribution in [0.15, 0.2) is 30.3 Å². The van der Waals surface area contributed by atoms with E-state index in [-0.39, 0.29) is 0 Å². The summed E-state index contributed by atoms with van der Waals surface area (Å²) >= 11 is 0. The SMILES string of the molecule is CC(C)CN.CC(CN)c1ccccc1.CCC(C)CN.CCCCC(CC)CN.CCCCCCCCCCCCCN.CCCCCCCCCCCCN.CCCCCCCCCCCN.CCCCCCCCCCN. The van der Waals surface area contributed by atoms with E-state index in [2.05, 4.69) is 88.3 Å². The van der Waals surface area contributed by atoms with Gasteiger partial charge in [-0.2, -0.15) is 0 Å². The first-order chi connectivity index (χ1) is 38.9. The largest absolute Gasteiger partial charge is 0.330 e. The summed E-state index contributed by atoms with van der Waals surface area (Å²) in [6.45, 7) is 30.9. The first-order valence-electron chi connectivity index (χ1n) is 35.6. The molecule has 0 saturated carbocycles. The molecule has 3 unspecified atom stereocenters. The van der Waals surface area contributed by atoms with Crippen LogP contribution in [0.5, 0.6) is 0 Å². The summed E-state index contributed by atoms with van der Waals surface area (Å²) < 4.78 is 0. The van der Waals surface area contributed by atoms with Crippen LogP contribution < -0.4 is 45.9 Å². The Morgan fingerprint density at radius 2 is 0.525 bits per heavy atom. The van der Waals surface area contributed by atoms with Crippen LogP contribution in [-0.2, 0) is 0 Å². The van der Waals surface area contributed by atoms with Crippen molar-refractivity contribution in [1.29, 1.82) is 0 Å². The number of hydrogen-bond donors (Lipinski definition) is 8. The Bertz CT molecular complexity index is 998. The van der Waals surface area contributed by atoms with Crippen molar-refractivity contribution in [1.82, 2.24) is 0 Å². The fourth-order valence-electron chi connectivity index (χ4n) is 8.24. The topological polar surface area (TPSA) is 208 Å². The molecule has 0 fully saturated rings. The van der Waals surface area contributed by atoms with E-state index >= 15 is 0 Å². The van der Waals surface area contributed by atoms with E-state index in [1.54, 1.807) is 0 Å². The highest BCUT2D eigenvalue weighted by Gasteiger charge is 2.01. The Morgan fingerprint density at radius 3 is 0.688 bits per heavy atom. The van der Waals surface area contributed by atoms with Gasteiger partial charge in [-0.05, 0) is 114 Å². The third-order valence-corrected chi connectivity index (χ3v) is 14.9. The second-order valence-corrected chi connectivity index (χ2v) is 23.8.